The van der Waals surface area contributed by atoms with Crippen LogP contribution in [0, 0.1) is 17.2 Å². The molecule has 16 heavy (non-hydrogen) atoms. The van der Waals surface area contributed by atoms with Crippen molar-refractivity contribution in [1.29, 1.82) is 5.26 Å². The fraction of sp³-hybridized carbons (Fsp3) is 0.545. The highest BCUT2D eigenvalue weighted by molar-refractivity contribution is 5.50. The van der Waals surface area contributed by atoms with Crippen LogP contribution in [0.5, 0.6) is 0 Å². The first kappa shape index (κ1) is 10.8. The maximum Gasteiger partial charge on any atom is 0.166 e. The molecule has 0 aromatic carbocycles. The number of rotatable bonds is 3. The summed E-state index contributed by atoms with van der Waals surface area (Å²) in [5.74, 6) is 1.18. The Balaban J connectivity index is 1.91. The van der Waals surface area contributed by atoms with Gasteiger partial charge in [0.15, 0.2) is 5.82 Å². The lowest BCUT2D eigenvalue weighted by molar-refractivity contribution is 0.0699. The Hall–Kier alpha value is -1.67. The summed E-state index contributed by atoms with van der Waals surface area (Å²) < 4.78 is 5.29. The second kappa shape index (κ2) is 5.42. The summed E-state index contributed by atoms with van der Waals surface area (Å²) in [6.07, 6.45) is 3.66. The maximum atomic E-state index is 8.88. The molecule has 1 aliphatic rings. The lowest BCUT2D eigenvalue weighted by atomic mass is 10.0. The van der Waals surface area contributed by atoms with Crippen LogP contribution in [0.2, 0.25) is 0 Å². The molecule has 1 fully saturated rings. The molecule has 0 unspecified atom stereocenters. The fourth-order valence-electron chi connectivity index (χ4n) is 1.74. The van der Waals surface area contributed by atoms with Crippen LogP contribution in [0.15, 0.2) is 12.3 Å². The van der Waals surface area contributed by atoms with Gasteiger partial charge in [0.05, 0.1) is 11.8 Å². The number of nitrogens with one attached hydrogen (secondary N) is 1. The quantitative estimate of drug-likeness (QED) is 0.825. The Morgan fingerprint density at radius 3 is 3.06 bits per heavy atom. The summed E-state index contributed by atoms with van der Waals surface area (Å²) in [4.78, 5) is 0. The molecule has 2 heterocycles. The molecule has 84 valence electrons. The molecule has 1 aliphatic heterocycles. The van der Waals surface area contributed by atoms with Crippen LogP contribution in [-0.4, -0.2) is 30.0 Å². The largest absolute Gasteiger partial charge is 0.381 e. The molecule has 1 aromatic heterocycles. The zero-order valence-electron chi connectivity index (χ0n) is 9.02. The van der Waals surface area contributed by atoms with Crippen LogP contribution in [-0.2, 0) is 4.74 Å². The fourth-order valence-corrected chi connectivity index (χ4v) is 1.74. The molecule has 1 aromatic rings. The molecule has 0 aliphatic carbocycles. The van der Waals surface area contributed by atoms with Crippen molar-refractivity contribution in [2.45, 2.75) is 12.8 Å². The van der Waals surface area contributed by atoms with Gasteiger partial charge in [-0.1, -0.05) is 0 Å². The van der Waals surface area contributed by atoms with Gasteiger partial charge in [-0.25, -0.2) is 0 Å². The second-order valence-corrected chi connectivity index (χ2v) is 3.84. The smallest absolute Gasteiger partial charge is 0.166 e. The van der Waals surface area contributed by atoms with Gasteiger partial charge in [0, 0.05) is 19.8 Å². The van der Waals surface area contributed by atoms with Gasteiger partial charge in [-0.15, -0.1) is 5.10 Å². The summed E-state index contributed by atoms with van der Waals surface area (Å²) in [6, 6.07) is 3.76. The van der Waals surface area contributed by atoms with E-state index in [1.165, 1.54) is 6.20 Å². The summed E-state index contributed by atoms with van der Waals surface area (Å²) in [6.45, 7) is 2.49. The Kier molecular flexibility index (Phi) is 3.67. The van der Waals surface area contributed by atoms with Gasteiger partial charge < -0.3 is 10.1 Å². The third kappa shape index (κ3) is 2.67. The molecule has 0 spiro atoms. The number of nitriles is 1. The average Bonchev–Trinajstić information content (AvgIpc) is 2.38. The SMILES string of the molecule is N#Cc1ccnnc1NCC1CCOCC1. The minimum Gasteiger partial charge on any atom is -0.381 e. The highest BCUT2D eigenvalue weighted by Gasteiger charge is 2.14. The molecule has 5 heteroatoms. The molecule has 0 bridgehead atoms. The Bertz CT molecular complexity index is 382. The lowest BCUT2D eigenvalue weighted by Crippen LogP contribution is -2.23. The first-order valence-electron chi connectivity index (χ1n) is 5.43. The van der Waals surface area contributed by atoms with E-state index in [4.69, 9.17) is 10.00 Å². The van der Waals surface area contributed by atoms with Crippen LogP contribution in [0.1, 0.15) is 18.4 Å². The first-order chi connectivity index (χ1) is 7.90. The maximum absolute atomic E-state index is 8.88. The summed E-state index contributed by atoms with van der Waals surface area (Å²) in [5, 5.41) is 19.7. The molecule has 5 nitrogen and oxygen atoms in total. The van der Waals surface area contributed by atoms with E-state index in [0.717, 1.165) is 32.6 Å². The lowest BCUT2D eigenvalue weighted by Gasteiger charge is -2.22. The highest BCUT2D eigenvalue weighted by atomic mass is 16.5. The predicted molar refractivity (Wildman–Crippen MR) is 58.8 cm³/mol. The van der Waals surface area contributed by atoms with E-state index in [0.29, 0.717) is 17.3 Å². The summed E-state index contributed by atoms with van der Waals surface area (Å²) >= 11 is 0. The summed E-state index contributed by atoms with van der Waals surface area (Å²) in [7, 11) is 0. The zero-order chi connectivity index (χ0) is 11.2. The molecule has 0 atom stereocenters. The topological polar surface area (TPSA) is 70.8 Å². The van der Waals surface area contributed by atoms with Gasteiger partial charge in [0.1, 0.15) is 6.07 Å². The standard InChI is InChI=1S/C11H14N4O/c12-7-10-1-4-14-15-11(10)13-8-9-2-5-16-6-3-9/h1,4,9H,2-3,5-6,8H2,(H,13,15). The number of aromatic nitrogens is 2. The third-order valence-corrected chi connectivity index (χ3v) is 2.74. The van der Waals surface area contributed by atoms with Crippen molar-refractivity contribution >= 4 is 5.82 Å². The van der Waals surface area contributed by atoms with Gasteiger partial charge >= 0.3 is 0 Å². The van der Waals surface area contributed by atoms with Crippen LogP contribution < -0.4 is 5.32 Å². The Morgan fingerprint density at radius 1 is 1.50 bits per heavy atom. The van der Waals surface area contributed by atoms with E-state index in [1.807, 2.05) is 0 Å². The molecule has 0 amide bonds. The zero-order valence-corrected chi connectivity index (χ0v) is 9.02. The normalized spacial score (nSPS) is 16.7. The van der Waals surface area contributed by atoms with E-state index < -0.39 is 0 Å². The number of anilines is 1. The average molecular weight is 218 g/mol. The minimum atomic E-state index is 0.544. The Morgan fingerprint density at radius 2 is 2.31 bits per heavy atom. The number of nitrogens with zero attached hydrogens (tertiary/aromatic N) is 3. The van der Waals surface area contributed by atoms with Crippen molar-refractivity contribution in [2.75, 3.05) is 25.1 Å². The van der Waals surface area contributed by atoms with E-state index in [1.54, 1.807) is 6.07 Å². The molecular weight excluding hydrogens is 204 g/mol. The predicted octanol–water partition coefficient (Wildman–Crippen LogP) is 1.19. The van der Waals surface area contributed by atoms with Gasteiger partial charge in [-0.2, -0.15) is 10.4 Å². The van der Waals surface area contributed by atoms with Crippen LogP contribution in [0.25, 0.3) is 0 Å². The molecule has 0 radical (unpaired) electrons. The Labute approximate surface area is 94.4 Å². The van der Waals surface area contributed by atoms with Crippen molar-refractivity contribution in [3.8, 4) is 6.07 Å². The van der Waals surface area contributed by atoms with Crippen LogP contribution in [0.3, 0.4) is 0 Å². The number of ether oxygens (including phenoxy) is 1. The second-order valence-electron chi connectivity index (χ2n) is 3.84. The van der Waals surface area contributed by atoms with E-state index in [9.17, 15) is 0 Å². The van der Waals surface area contributed by atoms with E-state index in [2.05, 4.69) is 21.6 Å². The molecular formula is C11H14N4O. The molecule has 2 rings (SSSR count). The summed E-state index contributed by atoms with van der Waals surface area (Å²) in [5.41, 5.74) is 0.544. The van der Waals surface area contributed by atoms with Gasteiger partial charge in [-0.3, -0.25) is 0 Å². The van der Waals surface area contributed by atoms with Crippen molar-refractivity contribution in [3.05, 3.63) is 17.8 Å². The van der Waals surface area contributed by atoms with Crippen LogP contribution in [0.4, 0.5) is 5.82 Å². The van der Waals surface area contributed by atoms with Gasteiger partial charge in [0.2, 0.25) is 0 Å². The van der Waals surface area contributed by atoms with Crippen molar-refractivity contribution in [2.24, 2.45) is 5.92 Å². The van der Waals surface area contributed by atoms with Crippen molar-refractivity contribution in [1.82, 2.24) is 10.2 Å². The molecule has 1 N–H and O–H groups in total. The van der Waals surface area contributed by atoms with E-state index in [-0.39, 0.29) is 0 Å². The third-order valence-electron chi connectivity index (χ3n) is 2.74. The van der Waals surface area contributed by atoms with Crippen molar-refractivity contribution in [3.63, 3.8) is 0 Å². The van der Waals surface area contributed by atoms with Gasteiger partial charge in [0.25, 0.3) is 0 Å². The monoisotopic (exact) mass is 218 g/mol. The number of hydrogen-bond acceptors (Lipinski definition) is 5. The number of hydrogen-bond donors (Lipinski definition) is 1. The van der Waals surface area contributed by atoms with E-state index >= 15 is 0 Å². The van der Waals surface area contributed by atoms with Crippen LogP contribution >= 0.6 is 0 Å². The molecule has 0 saturated carbocycles. The molecule has 1 saturated heterocycles. The highest BCUT2D eigenvalue weighted by Crippen LogP contribution is 2.16. The minimum absolute atomic E-state index is 0.544. The van der Waals surface area contributed by atoms with Gasteiger partial charge in [-0.05, 0) is 24.8 Å². The first-order valence-corrected chi connectivity index (χ1v) is 5.43. The van der Waals surface area contributed by atoms with Crippen molar-refractivity contribution < 1.29 is 4.74 Å².